The molecular formula is C20H9F3N4O6. The minimum Gasteiger partial charge on any atom is -0.258 e. The Hall–Kier alpha value is -4.68. The van der Waals surface area contributed by atoms with Crippen LogP contribution in [0.1, 0.15) is 16.7 Å². The van der Waals surface area contributed by atoms with E-state index in [1.54, 1.807) is 0 Å². The van der Waals surface area contributed by atoms with Crippen molar-refractivity contribution >= 4 is 28.7 Å². The van der Waals surface area contributed by atoms with Gasteiger partial charge in [0.1, 0.15) is 5.71 Å². The third-order valence-electron chi connectivity index (χ3n) is 4.94. The molecule has 0 atom stereocenters. The van der Waals surface area contributed by atoms with Crippen LogP contribution in [0.5, 0.6) is 0 Å². The quantitative estimate of drug-likeness (QED) is 0.469. The van der Waals surface area contributed by atoms with Crippen LogP contribution in [-0.4, -0.2) is 20.5 Å². The highest BCUT2D eigenvalue weighted by molar-refractivity contribution is 6.28. The first-order chi connectivity index (χ1) is 15.5. The number of benzene rings is 2. The molecule has 0 amide bonds. The van der Waals surface area contributed by atoms with E-state index < -0.39 is 37.9 Å². The Morgan fingerprint density at radius 1 is 0.818 bits per heavy atom. The zero-order valence-electron chi connectivity index (χ0n) is 16.1. The van der Waals surface area contributed by atoms with Crippen molar-refractivity contribution in [1.29, 1.82) is 0 Å². The number of non-ortho nitro benzene ring substituents is 1. The zero-order valence-corrected chi connectivity index (χ0v) is 16.1. The van der Waals surface area contributed by atoms with Gasteiger partial charge in [0.15, 0.2) is 0 Å². The number of nitro groups is 3. The molecule has 2 aliphatic rings. The van der Waals surface area contributed by atoms with Crippen LogP contribution in [0, 0.1) is 30.3 Å². The van der Waals surface area contributed by atoms with Crippen LogP contribution in [-0.2, 0) is 6.18 Å². The maximum Gasteiger partial charge on any atom is 0.416 e. The van der Waals surface area contributed by atoms with Gasteiger partial charge in [-0.3, -0.25) is 30.3 Å². The number of alkyl halides is 3. The molecule has 0 unspecified atom stereocenters. The molecule has 2 aromatic rings. The number of hydrogen-bond acceptors (Lipinski definition) is 7. The van der Waals surface area contributed by atoms with E-state index in [1.165, 1.54) is 12.1 Å². The number of halogens is 3. The van der Waals surface area contributed by atoms with E-state index in [9.17, 15) is 43.5 Å². The second kappa shape index (κ2) is 7.47. The number of fused-ring (bicyclic) bond motifs is 3. The van der Waals surface area contributed by atoms with E-state index in [-0.39, 0.29) is 39.4 Å². The normalized spacial score (nSPS) is 16.2. The summed E-state index contributed by atoms with van der Waals surface area (Å²) in [5, 5.41) is 34.4. The van der Waals surface area contributed by atoms with Crippen molar-refractivity contribution in [3.63, 3.8) is 0 Å². The van der Waals surface area contributed by atoms with E-state index in [1.807, 2.05) is 0 Å². The molecule has 166 valence electrons. The van der Waals surface area contributed by atoms with Gasteiger partial charge >= 0.3 is 11.9 Å². The molecule has 0 radical (unpaired) electrons. The van der Waals surface area contributed by atoms with Gasteiger partial charge in [-0.2, -0.15) is 13.2 Å². The number of nitrogens with zero attached hydrogens (tertiary/aromatic N) is 4. The standard InChI is InChI=1S/C20H9F3N4O6/c21-20(22,23)11-1-3-12(4-2-11)24-19-15-8-10-7-13(25(28)29)5-6-14(10)18(15)16(26(30)31)9-17(19)27(32)33/h1-9H. The molecule has 0 spiro atoms. The van der Waals surface area contributed by atoms with Crippen molar-refractivity contribution in [2.75, 3.05) is 0 Å². The Kier molecular flexibility index (Phi) is 4.88. The topological polar surface area (TPSA) is 142 Å². The first-order valence-corrected chi connectivity index (χ1v) is 8.99. The molecule has 0 aliphatic heterocycles. The molecule has 33 heavy (non-hydrogen) atoms. The molecule has 0 fully saturated rings. The summed E-state index contributed by atoms with van der Waals surface area (Å²) >= 11 is 0. The van der Waals surface area contributed by atoms with Crippen LogP contribution in [0.15, 0.2) is 70.5 Å². The SMILES string of the molecule is O=[N+]([O-])C1=CC([N+](=O)[O-])=C2C(=Cc3cc([N+](=O)[O-])ccc32)C1=Nc1ccc(C(F)(F)F)cc1. The van der Waals surface area contributed by atoms with Crippen LogP contribution in [0.2, 0.25) is 0 Å². The van der Waals surface area contributed by atoms with Gasteiger partial charge in [0, 0.05) is 17.7 Å². The van der Waals surface area contributed by atoms with E-state index in [0.29, 0.717) is 6.08 Å². The van der Waals surface area contributed by atoms with Crippen molar-refractivity contribution in [1.82, 2.24) is 0 Å². The Bertz CT molecular complexity index is 1370. The Morgan fingerprint density at radius 3 is 2.03 bits per heavy atom. The van der Waals surface area contributed by atoms with Crippen LogP contribution in [0.4, 0.5) is 24.5 Å². The summed E-state index contributed by atoms with van der Waals surface area (Å²) < 4.78 is 38.5. The van der Waals surface area contributed by atoms with Gasteiger partial charge in [-0.15, -0.1) is 0 Å². The van der Waals surface area contributed by atoms with Crippen LogP contribution in [0.25, 0.3) is 11.6 Å². The molecule has 4 rings (SSSR count). The number of aliphatic imine (C=N–C) groups is 1. The van der Waals surface area contributed by atoms with E-state index in [2.05, 4.69) is 4.99 Å². The van der Waals surface area contributed by atoms with Crippen LogP contribution < -0.4 is 0 Å². The molecule has 2 aliphatic carbocycles. The van der Waals surface area contributed by atoms with Crippen LogP contribution in [0.3, 0.4) is 0 Å². The number of hydrogen-bond donors (Lipinski definition) is 0. The van der Waals surface area contributed by atoms with Crippen molar-refractivity contribution in [3.8, 4) is 0 Å². The molecule has 10 nitrogen and oxygen atoms in total. The summed E-state index contributed by atoms with van der Waals surface area (Å²) in [6.07, 6.45) is -2.59. The van der Waals surface area contributed by atoms with Crippen molar-refractivity contribution in [2.24, 2.45) is 4.99 Å². The van der Waals surface area contributed by atoms with Crippen molar-refractivity contribution < 1.29 is 27.9 Å². The molecule has 0 heterocycles. The average molecular weight is 458 g/mol. The molecule has 2 aromatic carbocycles. The van der Waals surface area contributed by atoms with Gasteiger partial charge in [0.25, 0.3) is 11.4 Å². The first-order valence-electron chi connectivity index (χ1n) is 8.99. The van der Waals surface area contributed by atoms with E-state index in [0.717, 1.165) is 36.4 Å². The summed E-state index contributed by atoms with van der Waals surface area (Å²) in [6.45, 7) is 0. The highest BCUT2D eigenvalue weighted by Gasteiger charge is 2.41. The summed E-state index contributed by atoms with van der Waals surface area (Å²) in [4.78, 5) is 36.1. The number of rotatable bonds is 4. The predicted molar refractivity (Wildman–Crippen MR) is 109 cm³/mol. The average Bonchev–Trinajstić information content (AvgIpc) is 3.12. The van der Waals surface area contributed by atoms with Gasteiger partial charge in [-0.25, -0.2) is 4.99 Å². The smallest absolute Gasteiger partial charge is 0.258 e. The summed E-state index contributed by atoms with van der Waals surface area (Å²) in [7, 11) is 0. The third kappa shape index (κ3) is 3.75. The molecule has 0 bridgehead atoms. The molecular weight excluding hydrogens is 449 g/mol. The lowest BCUT2D eigenvalue weighted by Gasteiger charge is -2.14. The summed E-state index contributed by atoms with van der Waals surface area (Å²) in [5.41, 5.74) is -2.57. The van der Waals surface area contributed by atoms with Gasteiger partial charge in [-0.05, 0) is 47.5 Å². The lowest BCUT2D eigenvalue weighted by atomic mass is 9.91. The molecule has 0 saturated carbocycles. The third-order valence-corrected chi connectivity index (χ3v) is 4.94. The van der Waals surface area contributed by atoms with E-state index >= 15 is 0 Å². The van der Waals surface area contributed by atoms with Crippen LogP contribution >= 0.6 is 0 Å². The van der Waals surface area contributed by atoms with Gasteiger partial charge < -0.3 is 0 Å². The Balaban J connectivity index is 1.93. The minimum absolute atomic E-state index is 0.0267. The number of nitro benzene ring substituents is 1. The fourth-order valence-electron chi connectivity index (χ4n) is 3.51. The largest absolute Gasteiger partial charge is 0.416 e. The lowest BCUT2D eigenvalue weighted by molar-refractivity contribution is -0.428. The van der Waals surface area contributed by atoms with Crippen molar-refractivity contribution in [3.05, 3.63) is 113 Å². The summed E-state index contributed by atoms with van der Waals surface area (Å²) in [6, 6.07) is 7.10. The van der Waals surface area contributed by atoms with Crippen molar-refractivity contribution in [2.45, 2.75) is 6.18 Å². The van der Waals surface area contributed by atoms with Gasteiger partial charge in [-0.1, -0.05) is 0 Å². The first kappa shape index (κ1) is 21.5. The Labute approximate surface area is 181 Å². The maximum absolute atomic E-state index is 12.8. The predicted octanol–water partition coefficient (Wildman–Crippen LogP) is 4.95. The zero-order chi connectivity index (χ0) is 24.1. The molecule has 13 heteroatoms. The van der Waals surface area contributed by atoms with Gasteiger partial charge in [0.05, 0.1) is 37.7 Å². The number of allylic oxidation sites excluding steroid dienone is 3. The minimum atomic E-state index is -4.59. The Morgan fingerprint density at radius 2 is 1.48 bits per heavy atom. The fraction of sp³-hybridized carbons (Fsp3) is 0.0500. The molecule has 0 N–H and O–H groups in total. The second-order valence-electron chi connectivity index (χ2n) is 6.90. The highest BCUT2D eigenvalue weighted by Crippen LogP contribution is 2.44. The monoisotopic (exact) mass is 458 g/mol. The highest BCUT2D eigenvalue weighted by atomic mass is 19.4. The van der Waals surface area contributed by atoms with E-state index in [4.69, 9.17) is 0 Å². The maximum atomic E-state index is 12.8. The van der Waals surface area contributed by atoms with Gasteiger partial charge in [0.2, 0.25) is 0 Å². The lowest BCUT2D eigenvalue weighted by Crippen LogP contribution is -2.20. The summed E-state index contributed by atoms with van der Waals surface area (Å²) in [5.74, 6) is 0. The second-order valence-corrected chi connectivity index (χ2v) is 6.90. The fourth-order valence-corrected chi connectivity index (χ4v) is 3.51. The molecule has 0 saturated heterocycles. The molecule has 0 aromatic heterocycles.